The molecular weight excluding hydrogens is 298 g/mol. The van der Waals surface area contributed by atoms with Crippen molar-refractivity contribution < 1.29 is 13.2 Å². The molecule has 0 radical (unpaired) electrons. The first kappa shape index (κ1) is 16.1. The molecule has 2 heterocycles. The van der Waals surface area contributed by atoms with Crippen LogP contribution in [0.5, 0.6) is 0 Å². The smallest absolute Gasteiger partial charge is 0.224 e. The van der Waals surface area contributed by atoms with Crippen molar-refractivity contribution in [1.82, 2.24) is 14.9 Å². The maximum absolute atomic E-state index is 12.1. The van der Waals surface area contributed by atoms with Gasteiger partial charge in [0.25, 0.3) is 0 Å². The number of hydrogen-bond acceptors (Lipinski definition) is 5. The highest BCUT2D eigenvalue weighted by atomic mass is 32.2. The van der Waals surface area contributed by atoms with E-state index in [1.54, 1.807) is 11.8 Å². The van der Waals surface area contributed by atoms with Crippen LogP contribution in [0.2, 0.25) is 0 Å². The summed E-state index contributed by atoms with van der Waals surface area (Å²) in [6.45, 7) is 3.05. The van der Waals surface area contributed by atoms with Gasteiger partial charge in [-0.05, 0) is 19.4 Å². The number of carbonyl (C=O) groups excluding carboxylic acids is 1. The number of thioether (sulfide) groups is 1. The standard InChI is InChI=1S/C12H23N3O3S2/c16-12(11-2-1-3-13-10-11)14-4-9-20(17,18)15-5-7-19-8-6-15/h11,13H,1-10H2,(H,14,16). The molecule has 1 unspecified atom stereocenters. The van der Waals surface area contributed by atoms with Gasteiger partial charge in [-0.25, -0.2) is 12.7 Å². The Labute approximate surface area is 125 Å². The van der Waals surface area contributed by atoms with Crippen molar-refractivity contribution in [3.63, 3.8) is 0 Å². The second-order valence-electron chi connectivity index (χ2n) is 5.16. The third-order valence-electron chi connectivity index (χ3n) is 3.69. The molecule has 1 atom stereocenters. The SMILES string of the molecule is O=C(NCCS(=O)(=O)N1CCSCC1)C1CCCNC1. The molecule has 0 bridgehead atoms. The molecule has 0 spiro atoms. The van der Waals surface area contributed by atoms with Gasteiger partial charge in [0.2, 0.25) is 15.9 Å². The molecule has 6 nitrogen and oxygen atoms in total. The van der Waals surface area contributed by atoms with E-state index in [1.165, 1.54) is 4.31 Å². The summed E-state index contributed by atoms with van der Waals surface area (Å²) in [5, 5.41) is 5.94. The summed E-state index contributed by atoms with van der Waals surface area (Å²) in [5.74, 6) is 1.68. The summed E-state index contributed by atoms with van der Waals surface area (Å²) in [7, 11) is -3.22. The van der Waals surface area contributed by atoms with E-state index in [1.807, 2.05) is 0 Å². The van der Waals surface area contributed by atoms with E-state index in [9.17, 15) is 13.2 Å². The quantitative estimate of drug-likeness (QED) is 0.712. The average molecular weight is 321 g/mol. The average Bonchev–Trinajstić information content (AvgIpc) is 2.49. The van der Waals surface area contributed by atoms with Crippen LogP contribution >= 0.6 is 11.8 Å². The Morgan fingerprint density at radius 1 is 1.35 bits per heavy atom. The molecular formula is C12H23N3O3S2. The zero-order valence-electron chi connectivity index (χ0n) is 11.6. The molecule has 2 N–H and O–H groups in total. The van der Waals surface area contributed by atoms with E-state index in [0.717, 1.165) is 30.9 Å². The molecule has 116 valence electrons. The number of piperidine rings is 1. The summed E-state index contributed by atoms with van der Waals surface area (Å²) >= 11 is 1.78. The van der Waals surface area contributed by atoms with Crippen molar-refractivity contribution in [3.05, 3.63) is 0 Å². The fraction of sp³-hybridized carbons (Fsp3) is 0.917. The Kier molecular flexibility index (Phi) is 6.13. The topological polar surface area (TPSA) is 78.5 Å². The molecule has 0 aliphatic carbocycles. The lowest BCUT2D eigenvalue weighted by Gasteiger charge is -2.26. The molecule has 8 heteroatoms. The van der Waals surface area contributed by atoms with Gasteiger partial charge in [0.05, 0.1) is 11.7 Å². The largest absolute Gasteiger partial charge is 0.355 e. The van der Waals surface area contributed by atoms with Crippen LogP contribution < -0.4 is 10.6 Å². The Hall–Kier alpha value is -0.310. The Morgan fingerprint density at radius 3 is 2.75 bits per heavy atom. The van der Waals surface area contributed by atoms with Gasteiger partial charge in [-0.3, -0.25) is 4.79 Å². The van der Waals surface area contributed by atoms with Crippen LogP contribution in [0, 0.1) is 5.92 Å². The normalized spacial score (nSPS) is 25.3. The van der Waals surface area contributed by atoms with Crippen LogP contribution in [-0.4, -0.2) is 68.6 Å². The Bertz CT molecular complexity index is 416. The van der Waals surface area contributed by atoms with Gasteiger partial charge in [0.15, 0.2) is 0 Å². The molecule has 20 heavy (non-hydrogen) atoms. The van der Waals surface area contributed by atoms with E-state index in [4.69, 9.17) is 0 Å². The number of rotatable bonds is 5. The van der Waals surface area contributed by atoms with Crippen molar-refractivity contribution in [3.8, 4) is 0 Å². The van der Waals surface area contributed by atoms with E-state index in [-0.39, 0.29) is 24.1 Å². The summed E-state index contributed by atoms with van der Waals surface area (Å²) in [6.07, 6.45) is 1.89. The lowest BCUT2D eigenvalue weighted by atomic mass is 9.99. The molecule has 2 fully saturated rings. The number of carbonyl (C=O) groups is 1. The molecule has 2 aliphatic heterocycles. The van der Waals surface area contributed by atoms with Crippen LogP contribution in [0.4, 0.5) is 0 Å². The van der Waals surface area contributed by atoms with Crippen LogP contribution in [0.3, 0.4) is 0 Å². The predicted molar refractivity (Wildman–Crippen MR) is 81.3 cm³/mol. The fourth-order valence-electron chi connectivity index (χ4n) is 2.48. The minimum absolute atomic E-state index is 0.00353. The van der Waals surface area contributed by atoms with Gasteiger partial charge < -0.3 is 10.6 Å². The number of hydrogen-bond donors (Lipinski definition) is 2. The zero-order valence-corrected chi connectivity index (χ0v) is 13.3. The van der Waals surface area contributed by atoms with Crippen molar-refractivity contribution in [2.24, 2.45) is 5.92 Å². The lowest BCUT2D eigenvalue weighted by Crippen LogP contribution is -2.44. The molecule has 2 saturated heterocycles. The summed E-state index contributed by atoms with van der Waals surface area (Å²) in [6, 6.07) is 0. The minimum atomic E-state index is -3.22. The van der Waals surface area contributed by atoms with Gasteiger partial charge in [0.1, 0.15) is 0 Å². The van der Waals surface area contributed by atoms with E-state index >= 15 is 0 Å². The van der Waals surface area contributed by atoms with E-state index in [2.05, 4.69) is 10.6 Å². The Morgan fingerprint density at radius 2 is 2.10 bits per heavy atom. The lowest BCUT2D eigenvalue weighted by molar-refractivity contribution is -0.125. The summed E-state index contributed by atoms with van der Waals surface area (Å²) in [4.78, 5) is 11.9. The highest BCUT2D eigenvalue weighted by Gasteiger charge is 2.25. The molecule has 2 aliphatic rings. The first-order valence-electron chi connectivity index (χ1n) is 7.13. The number of amides is 1. The van der Waals surface area contributed by atoms with Crippen molar-refractivity contribution >= 4 is 27.7 Å². The summed E-state index contributed by atoms with van der Waals surface area (Å²) < 4.78 is 25.7. The van der Waals surface area contributed by atoms with Crippen LogP contribution in [0.1, 0.15) is 12.8 Å². The van der Waals surface area contributed by atoms with Crippen LogP contribution in [-0.2, 0) is 14.8 Å². The molecule has 2 rings (SSSR count). The molecule has 0 aromatic carbocycles. The monoisotopic (exact) mass is 321 g/mol. The minimum Gasteiger partial charge on any atom is -0.355 e. The molecule has 0 saturated carbocycles. The third-order valence-corrected chi connectivity index (χ3v) is 6.50. The summed E-state index contributed by atoms with van der Waals surface area (Å²) in [5.41, 5.74) is 0. The predicted octanol–water partition coefficient (Wildman–Crippen LogP) is -0.519. The second-order valence-corrected chi connectivity index (χ2v) is 8.47. The fourth-order valence-corrected chi connectivity index (χ4v) is 4.97. The molecule has 1 amide bonds. The van der Waals surface area contributed by atoms with E-state index in [0.29, 0.717) is 19.6 Å². The van der Waals surface area contributed by atoms with Crippen LogP contribution in [0.15, 0.2) is 0 Å². The van der Waals surface area contributed by atoms with Crippen molar-refractivity contribution in [2.45, 2.75) is 12.8 Å². The zero-order chi connectivity index (χ0) is 14.4. The first-order chi connectivity index (χ1) is 9.59. The number of nitrogens with zero attached hydrogens (tertiary/aromatic N) is 1. The first-order valence-corrected chi connectivity index (χ1v) is 9.90. The number of sulfonamides is 1. The van der Waals surface area contributed by atoms with Gasteiger partial charge in [-0.15, -0.1) is 0 Å². The van der Waals surface area contributed by atoms with Gasteiger partial charge in [-0.2, -0.15) is 11.8 Å². The van der Waals surface area contributed by atoms with Gasteiger partial charge in [-0.1, -0.05) is 0 Å². The molecule has 0 aromatic rings. The maximum Gasteiger partial charge on any atom is 0.224 e. The van der Waals surface area contributed by atoms with Crippen molar-refractivity contribution in [1.29, 1.82) is 0 Å². The highest BCUT2D eigenvalue weighted by molar-refractivity contribution is 7.99. The number of nitrogens with one attached hydrogen (secondary N) is 2. The van der Waals surface area contributed by atoms with Crippen LogP contribution in [0.25, 0.3) is 0 Å². The maximum atomic E-state index is 12.1. The highest BCUT2D eigenvalue weighted by Crippen LogP contribution is 2.13. The second kappa shape index (κ2) is 7.63. The van der Waals surface area contributed by atoms with E-state index < -0.39 is 10.0 Å². The van der Waals surface area contributed by atoms with Crippen molar-refractivity contribution in [2.75, 3.05) is 50.0 Å². The Balaban J connectivity index is 1.72. The third kappa shape index (κ3) is 4.61. The van der Waals surface area contributed by atoms with Gasteiger partial charge >= 0.3 is 0 Å². The van der Waals surface area contributed by atoms with Gasteiger partial charge in [0, 0.05) is 37.7 Å². The molecule has 0 aromatic heterocycles.